The van der Waals surface area contributed by atoms with E-state index in [2.05, 4.69) is 21.2 Å². The summed E-state index contributed by atoms with van der Waals surface area (Å²) in [6.45, 7) is 2.76. The van der Waals surface area contributed by atoms with Crippen LogP contribution in [0, 0.1) is 5.82 Å². The van der Waals surface area contributed by atoms with Gasteiger partial charge in [0.2, 0.25) is 0 Å². The maximum Gasteiger partial charge on any atom is 0.175 e. The normalized spacial score (nSPS) is 12.5. The van der Waals surface area contributed by atoms with Crippen molar-refractivity contribution in [1.29, 1.82) is 0 Å². The van der Waals surface area contributed by atoms with Crippen LogP contribution in [0.1, 0.15) is 16.7 Å². The molecule has 0 atom stereocenters. The first kappa shape index (κ1) is 21.5. The van der Waals surface area contributed by atoms with Crippen molar-refractivity contribution in [2.75, 3.05) is 20.3 Å². The molecule has 3 aromatic rings. The predicted molar refractivity (Wildman–Crippen MR) is 119 cm³/mol. The second kappa shape index (κ2) is 10.0. The summed E-state index contributed by atoms with van der Waals surface area (Å²) in [4.78, 5) is 0. The molecule has 0 aromatic heterocycles. The van der Waals surface area contributed by atoms with Crippen LogP contribution in [0.2, 0.25) is 0 Å². The van der Waals surface area contributed by atoms with Crippen molar-refractivity contribution in [1.82, 2.24) is 5.32 Å². The lowest BCUT2D eigenvalue weighted by atomic mass is 10.1. The molecule has 3 aromatic carbocycles. The van der Waals surface area contributed by atoms with E-state index in [0.717, 1.165) is 32.7 Å². The van der Waals surface area contributed by atoms with Gasteiger partial charge < -0.3 is 24.3 Å². The summed E-state index contributed by atoms with van der Waals surface area (Å²) >= 11 is 3.60. The Balaban J connectivity index is 1.39. The molecular formula is C24H23BrFNO4. The maximum atomic E-state index is 13.0. The first-order valence-corrected chi connectivity index (χ1v) is 10.7. The molecule has 0 radical (unpaired) electrons. The van der Waals surface area contributed by atoms with Crippen molar-refractivity contribution < 1.29 is 23.3 Å². The highest BCUT2D eigenvalue weighted by atomic mass is 79.9. The summed E-state index contributed by atoms with van der Waals surface area (Å²) in [5.74, 6) is 2.54. The number of methoxy groups -OCH3 is 1. The topological polar surface area (TPSA) is 49.0 Å². The summed E-state index contributed by atoms with van der Waals surface area (Å²) in [6.07, 6.45) is 0. The van der Waals surface area contributed by atoms with Crippen molar-refractivity contribution in [3.05, 3.63) is 81.6 Å². The molecule has 0 spiro atoms. The smallest absolute Gasteiger partial charge is 0.175 e. The zero-order valence-corrected chi connectivity index (χ0v) is 18.7. The van der Waals surface area contributed by atoms with Crippen LogP contribution in [0.25, 0.3) is 0 Å². The molecule has 31 heavy (non-hydrogen) atoms. The Morgan fingerprint density at radius 1 is 0.903 bits per heavy atom. The van der Waals surface area contributed by atoms with E-state index in [9.17, 15) is 4.39 Å². The van der Waals surface area contributed by atoms with Gasteiger partial charge in [0.15, 0.2) is 23.0 Å². The molecule has 4 rings (SSSR count). The van der Waals surface area contributed by atoms with Gasteiger partial charge in [0.1, 0.15) is 25.6 Å². The van der Waals surface area contributed by atoms with Gasteiger partial charge in [-0.3, -0.25) is 0 Å². The first-order valence-electron chi connectivity index (χ1n) is 9.95. The van der Waals surface area contributed by atoms with Crippen LogP contribution in [0.3, 0.4) is 0 Å². The molecule has 1 N–H and O–H groups in total. The second-order valence-corrected chi connectivity index (χ2v) is 7.96. The fraction of sp³-hybridized carbons (Fsp3) is 0.250. The molecule has 0 aliphatic carbocycles. The Morgan fingerprint density at radius 2 is 1.61 bits per heavy atom. The molecule has 0 amide bonds. The molecule has 5 nitrogen and oxygen atoms in total. The summed E-state index contributed by atoms with van der Waals surface area (Å²) < 4.78 is 36.6. The van der Waals surface area contributed by atoms with Crippen LogP contribution in [-0.2, 0) is 19.7 Å². The number of benzene rings is 3. The number of fused-ring (bicyclic) bond motifs is 1. The Kier molecular flexibility index (Phi) is 6.94. The number of hydrogen-bond acceptors (Lipinski definition) is 5. The second-order valence-electron chi connectivity index (χ2n) is 7.11. The number of halogens is 2. The van der Waals surface area contributed by atoms with Crippen molar-refractivity contribution in [3.8, 4) is 23.0 Å². The average molecular weight is 488 g/mol. The van der Waals surface area contributed by atoms with Gasteiger partial charge in [-0.2, -0.15) is 0 Å². The Bertz CT molecular complexity index is 1040. The Labute approximate surface area is 189 Å². The number of rotatable bonds is 8. The van der Waals surface area contributed by atoms with Crippen molar-refractivity contribution >= 4 is 15.9 Å². The van der Waals surface area contributed by atoms with Crippen molar-refractivity contribution in [2.24, 2.45) is 0 Å². The summed E-state index contributed by atoms with van der Waals surface area (Å²) in [5, 5.41) is 3.36. The SMILES string of the molecule is COc1cc(CNCc2ccc(F)cc2)cc(Br)c1OCc1ccc2c(c1)OCCO2. The molecule has 0 fully saturated rings. The average Bonchev–Trinajstić information content (AvgIpc) is 2.79. The van der Waals surface area contributed by atoms with Gasteiger partial charge in [-0.25, -0.2) is 4.39 Å². The number of ether oxygens (including phenoxy) is 4. The van der Waals surface area contributed by atoms with Crippen LogP contribution in [0.4, 0.5) is 4.39 Å². The van der Waals surface area contributed by atoms with E-state index >= 15 is 0 Å². The minimum absolute atomic E-state index is 0.232. The highest BCUT2D eigenvalue weighted by Gasteiger charge is 2.15. The molecule has 1 aliphatic heterocycles. The van der Waals surface area contributed by atoms with Gasteiger partial charge in [0.05, 0.1) is 11.6 Å². The predicted octanol–water partition coefficient (Wildman–Crippen LogP) is 5.24. The minimum atomic E-state index is -0.232. The molecule has 1 aliphatic rings. The fourth-order valence-corrected chi connectivity index (χ4v) is 3.91. The van der Waals surface area contributed by atoms with E-state index in [1.165, 1.54) is 12.1 Å². The van der Waals surface area contributed by atoms with E-state index in [0.29, 0.717) is 44.4 Å². The molecule has 162 valence electrons. The summed E-state index contributed by atoms with van der Waals surface area (Å²) in [6, 6.07) is 16.2. The van der Waals surface area contributed by atoms with E-state index in [4.69, 9.17) is 18.9 Å². The van der Waals surface area contributed by atoms with Gasteiger partial charge >= 0.3 is 0 Å². The van der Waals surface area contributed by atoms with Gasteiger partial charge in [-0.05, 0) is 69.0 Å². The number of hydrogen-bond donors (Lipinski definition) is 1. The van der Waals surface area contributed by atoms with Crippen LogP contribution < -0.4 is 24.3 Å². The zero-order valence-electron chi connectivity index (χ0n) is 17.1. The summed E-state index contributed by atoms with van der Waals surface area (Å²) in [5.41, 5.74) is 3.03. The van der Waals surface area contributed by atoms with Crippen LogP contribution in [0.5, 0.6) is 23.0 Å². The lowest BCUT2D eigenvalue weighted by Crippen LogP contribution is -2.15. The standard InChI is InChI=1S/C24H23BrFNO4/c1-28-23-12-18(14-27-13-16-2-5-19(26)6-3-16)10-20(25)24(23)31-15-17-4-7-21-22(11-17)30-9-8-29-21/h2-7,10-12,27H,8-9,13-15H2,1H3. The molecule has 1 heterocycles. The highest BCUT2D eigenvalue weighted by Crippen LogP contribution is 2.38. The fourth-order valence-electron chi connectivity index (χ4n) is 3.30. The Morgan fingerprint density at radius 3 is 2.39 bits per heavy atom. The molecule has 0 saturated carbocycles. The lowest BCUT2D eigenvalue weighted by molar-refractivity contribution is 0.171. The van der Waals surface area contributed by atoms with Gasteiger partial charge in [0, 0.05) is 13.1 Å². The highest BCUT2D eigenvalue weighted by molar-refractivity contribution is 9.10. The quantitative estimate of drug-likeness (QED) is 0.470. The monoisotopic (exact) mass is 487 g/mol. The molecular weight excluding hydrogens is 465 g/mol. The third-order valence-corrected chi connectivity index (χ3v) is 5.44. The van der Waals surface area contributed by atoms with Gasteiger partial charge in [-0.15, -0.1) is 0 Å². The number of nitrogens with one attached hydrogen (secondary N) is 1. The molecule has 0 unspecified atom stereocenters. The van der Waals surface area contributed by atoms with Crippen LogP contribution >= 0.6 is 15.9 Å². The van der Waals surface area contributed by atoms with Crippen molar-refractivity contribution in [2.45, 2.75) is 19.7 Å². The zero-order chi connectivity index (χ0) is 21.6. The molecule has 7 heteroatoms. The largest absolute Gasteiger partial charge is 0.493 e. The van der Waals surface area contributed by atoms with Crippen molar-refractivity contribution in [3.63, 3.8) is 0 Å². The van der Waals surface area contributed by atoms with E-state index in [1.54, 1.807) is 19.2 Å². The van der Waals surface area contributed by atoms with E-state index in [1.807, 2.05) is 30.3 Å². The van der Waals surface area contributed by atoms with Gasteiger partial charge in [-0.1, -0.05) is 18.2 Å². The Hall–Kier alpha value is -2.77. The maximum absolute atomic E-state index is 13.0. The molecule has 0 saturated heterocycles. The third kappa shape index (κ3) is 5.48. The lowest BCUT2D eigenvalue weighted by Gasteiger charge is -2.19. The minimum Gasteiger partial charge on any atom is -0.493 e. The van der Waals surface area contributed by atoms with Gasteiger partial charge in [0.25, 0.3) is 0 Å². The summed E-state index contributed by atoms with van der Waals surface area (Å²) in [7, 11) is 1.62. The van der Waals surface area contributed by atoms with E-state index < -0.39 is 0 Å². The van der Waals surface area contributed by atoms with Crippen LogP contribution in [0.15, 0.2) is 59.1 Å². The molecule has 0 bridgehead atoms. The first-order chi connectivity index (χ1) is 15.1. The van der Waals surface area contributed by atoms with Crippen LogP contribution in [-0.4, -0.2) is 20.3 Å². The van der Waals surface area contributed by atoms with E-state index in [-0.39, 0.29) is 5.82 Å². The third-order valence-electron chi connectivity index (χ3n) is 4.85.